The minimum atomic E-state index is -0.524. The molecule has 0 bridgehead atoms. The molecule has 0 aromatic heterocycles. The third kappa shape index (κ3) is 2.45. The first-order valence-corrected chi connectivity index (χ1v) is 3.96. The van der Waals surface area contributed by atoms with E-state index in [0.29, 0.717) is 5.69 Å². The molecular formula is C6H5Cl2N3O2. The Morgan fingerprint density at radius 1 is 1.46 bits per heavy atom. The van der Waals surface area contributed by atoms with Crippen LogP contribution >= 0.6 is 23.4 Å². The lowest BCUT2D eigenvalue weighted by Gasteiger charge is -2.03. The van der Waals surface area contributed by atoms with Crippen LogP contribution in [0.4, 0.5) is 11.4 Å². The number of benzene rings is 1. The molecule has 0 aliphatic rings. The van der Waals surface area contributed by atoms with Gasteiger partial charge in [-0.15, -0.1) is 4.94 Å². The maximum Gasteiger partial charge on any atom is 0.271 e. The molecule has 0 aliphatic carbocycles. The Bertz CT molecular complexity index is 332. The Balaban J connectivity index is 2.98. The van der Waals surface area contributed by atoms with E-state index in [2.05, 4.69) is 10.4 Å². The van der Waals surface area contributed by atoms with Gasteiger partial charge in [0.1, 0.15) is 0 Å². The number of halogens is 2. The molecule has 7 heteroatoms. The number of hydrogen-bond donors (Lipinski definition) is 2. The molecule has 0 aliphatic heterocycles. The standard InChI is InChI=1S/C6H5Cl2N3O2/c7-5-3-4(11(12)13)1-2-6(5)9-10-8/h1-3,9-10H. The van der Waals surface area contributed by atoms with Crippen LogP contribution in [0.3, 0.4) is 0 Å². The van der Waals surface area contributed by atoms with Gasteiger partial charge in [0.2, 0.25) is 0 Å². The van der Waals surface area contributed by atoms with E-state index in [1.165, 1.54) is 18.2 Å². The van der Waals surface area contributed by atoms with Gasteiger partial charge in [0.15, 0.2) is 0 Å². The molecular weight excluding hydrogens is 217 g/mol. The Hall–Kier alpha value is -1.04. The molecule has 70 valence electrons. The fourth-order valence-corrected chi connectivity index (χ4v) is 1.09. The van der Waals surface area contributed by atoms with E-state index in [-0.39, 0.29) is 10.7 Å². The Morgan fingerprint density at radius 3 is 2.62 bits per heavy atom. The topological polar surface area (TPSA) is 67.2 Å². The number of nitrogens with zero attached hydrogens (tertiary/aromatic N) is 1. The molecule has 0 heterocycles. The molecule has 0 spiro atoms. The number of nitrogens with one attached hydrogen (secondary N) is 2. The molecule has 0 amide bonds. The minimum absolute atomic E-state index is 0.0647. The quantitative estimate of drug-likeness (QED) is 0.467. The summed E-state index contributed by atoms with van der Waals surface area (Å²) in [6.45, 7) is 0. The smallest absolute Gasteiger partial charge is 0.271 e. The van der Waals surface area contributed by atoms with Gasteiger partial charge in [0.05, 0.1) is 15.6 Å². The maximum atomic E-state index is 10.3. The molecule has 0 radical (unpaired) electrons. The van der Waals surface area contributed by atoms with Gasteiger partial charge < -0.3 is 5.43 Å². The maximum absolute atomic E-state index is 10.3. The van der Waals surface area contributed by atoms with Crippen molar-refractivity contribution in [1.82, 2.24) is 4.94 Å². The second kappa shape index (κ2) is 4.27. The van der Waals surface area contributed by atoms with Crippen LogP contribution in [0.25, 0.3) is 0 Å². The lowest BCUT2D eigenvalue weighted by molar-refractivity contribution is -0.384. The Labute approximate surface area is 83.9 Å². The lowest BCUT2D eigenvalue weighted by Crippen LogP contribution is -2.08. The Morgan fingerprint density at radius 2 is 2.15 bits per heavy atom. The van der Waals surface area contributed by atoms with E-state index in [9.17, 15) is 10.1 Å². The van der Waals surface area contributed by atoms with Crippen LogP contribution < -0.4 is 10.4 Å². The monoisotopic (exact) mass is 221 g/mol. The van der Waals surface area contributed by atoms with Crippen molar-refractivity contribution in [3.05, 3.63) is 33.3 Å². The van der Waals surface area contributed by atoms with Crippen LogP contribution in [0.1, 0.15) is 0 Å². The summed E-state index contributed by atoms with van der Waals surface area (Å²) in [4.78, 5) is 11.9. The van der Waals surface area contributed by atoms with Gasteiger partial charge >= 0.3 is 0 Å². The molecule has 0 fully saturated rings. The molecule has 0 saturated heterocycles. The lowest BCUT2D eigenvalue weighted by atomic mass is 10.3. The summed E-state index contributed by atoms with van der Waals surface area (Å²) in [6, 6.07) is 4.01. The number of non-ortho nitro benzene ring substituents is 1. The zero-order chi connectivity index (χ0) is 9.84. The van der Waals surface area contributed by atoms with E-state index in [4.69, 9.17) is 23.4 Å². The Kier molecular flexibility index (Phi) is 3.30. The number of nitro benzene ring substituents is 1. The van der Waals surface area contributed by atoms with Gasteiger partial charge in [0.25, 0.3) is 5.69 Å². The molecule has 1 aromatic rings. The van der Waals surface area contributed by atoms with E-state index in [1.807, 2.05) is 0 Å². The number of nitro groups is 1. The van der Waals surface area contributed by atoms with Crippen molar-refractivity contribution >= 4 is 34.8 Å². The summed E-state index contributed by atoms with van der Waals surface area (Å²) in [6.07, 6.45) is 0. The molecule has 2 N–H and O–H groups in total. The molecule has 0 unspecified atom stereocenters. The summed E-state index contributed by atoms with van der Waals surface area (Å²) < 4.78 is 0. The van der Waals surface area contributed by atoms with Crippen LogP contribution in [-0.4, -0.2) is 4.92 Å². The largest absolute Gasteiger partial charge is 0.306 e. The fraction of sp³-hybridized carbons (Fsp3) is 0. The highest BCUT2D eigenvalue weighted by Gasteiger charge is 2.08. The van der Waals surface area contributed by atoms with E-state index >= 15 is 0 Å². The molecule has 0 saturated carbocycles. The molecule has 5 nitrogen and oxygen atoms in total. The highest BCUT2D eigenvalue weighted by molar-refractivity contribution is 6.33. The predicted octanol–water partition coefficient (Wildman–Crippen LogP) is 2.32. The fourth-order valence-electron chi connectivity index (χ4n) is 0.770. The number of anilines is 1. The third-order valence-electron chi connectivity index (χ3n) is 1.35. The highest BCUT2D eigenvalue weighted by Crippen LogP contribution is 2.25. The minimum Gasteiger partial charge on any atom is -0.306 e. The summed E-state index contributed by atoms with van der Waals surface area (Å²) in [5.74, 6) is 0. The van der Waals surface area contributed by atoms with E-state index in [0.717, 1.165) is 0 Å². The van der Waals surface area contributed by atoms with Gasteiger partial charge in [-0.05, 0) is 17.8 Å². The SMILES string of the molecule is O=[N+]([O-])c1ccc(NNCl)c(Cl)c1. The predicted molar refractivity (Wildman–Crippen MR) is 50.7 cm³/mol. The molecule has 0 atom stereocenters. The van der Waals surface area contributed by atoms with Gasteiger partial charge in [-0.25, -0.2) is 0 Å². The normalized spacial score (nSPS) is 9.69. The van der Waals surface area contributed by atoms with Crippen molar-refractivity contribution in [2.45, 2.75) is 0 Å². The average molecular weight is 222 g/mol. The average Bonchev–Trinajstić information content (AvgIpc) is 2.08. The van der Waals surface area contributed by atoms with Crippen LogP contribution in [0, 0.1) is 10.1 Å². The highest BCUT2D eigenvalue weighted by atomic mass is 35.5. The first-order valence-electron chi connectivity index (χ1n) is 3.20. The third-order valence-corrected chi connectivity index (χ3v) is 1.75. The first kappa shape index (κ1) is 10.0. The first-order chi connectivity index (χ1) is 6.15. The summed E-state index contributed by atoms with van der Waals surface area (Å²) in [7, 11) is 0. The van der Waals surface area contributed by atoms with Crippen molar-refractivity contribution in [3.63, 3.8) is 0 Å². The second-order valence-corrected chi connectivity index (χ2v) is 2.74. The number of hydrogen-bond acceptors (Lipinski definition) is 4. The van der Waals surface area contributed by atoms with Crippen molar-refractivity contribution in [2.75, 3.05) is 5.43 Å². The summed E-state index contributed by atoms with van der Waals surface area (Å²) in [5.41, 5.74) is 2.91. The van der Waals surface area contributed by atoms with Crippen molar-refractivity contribution in [1.29, 1.82) is 0 Å². The van der Waals surface area contributed by atoms with Crippen molar-refractivity contribution in [3.8, 4) is 0 Å². The zero-order valence-corrected chi connectivity index (χ0v) is 7.76. The van der Waals surface area contributed by atoms with Crippen molar-refractivity contribution < 1.29 is 4.92 Å². The van der Waals surface area contributed by atoms with Crippen molar-refractivity contribution in [2.24, 2.45) is 0 Å². The number of rotatable bonds is 3. The van der Waals surface area contributed by atoms with E-state index in [1.54, 1.807) is 0 Å². The number of hydrazine groups is 1. The van der Waals surface area contributed by atoms with Crippen LogP contribution in [0.5, 0.6) is 0 Å². The van der Waals surface area contributed by atoms with Crippen LogP contribution in [0.15, 0.2) is 18.2 Å². The van der Waals surface area contributed by atoms with Gasteiger partial charge in [-0.2, -0.15) is 0 Å². The summed E-state index contributed by atoms with van der Waals surface area (Å²) >= 11 is 10.8. The molecule has 1 rings (SSSR count). The van der Waals surface area contributed by atoms with Gasteiger partial charge in [0, 0.05) is 12.1 Å². The zero-order valence-electron chi connectivity index (χ0n) is 6.25. The molecule has 1 aromatic carbocycles. The molecule has 13 heavy (non-hydrogen) atoms. The van der Waals surface area contributed by atoms with E-state index < -0.39 is 4.92 Å². The van der Waals surface area contributed by atoms with Gasteiger partial charge in [-0.1, -0.05) is 11.6 Å². The van der Waals surface area contributed by atoms with Crippen LogP contribution in [0.2, 0.25) is 5.02 Å². The summed E-state index contributed by atoms with van der Waals surface area (Å²) in [5, 5.41) is 10.5. The second-order valence-electron chi connectivity index (χ2n) is 2.14. The van der Waals surface area contributed by atoms with Gasteiger partial charge in [-0.3, -0.25) is 10.1 Å². The van der Waals surface area contributed by atoms with Crippen LogP contribution in [-0.2, 0) is 0 Å².